The van der Waals surface area contributed by atoms with E-state index in [2.05, 4.69) is 15.3 Å². The van der Waals surface area contributed by atoms with Gasteiger partial charge in [0.15, 0.2) is 0 Å². The SMILES string of the molecule is CC(=O)Nc1ccc(C(=O)N2CCCC[C@@H]2c2nc(N(C)C)ncc2-c2ccncc2)cc1. The van der Waals surface area contributed by atoms with E-state index in [-0.39, 0.29) is 17.9 Å². The number of anilines is 2. The minimum Gasteiger partial charge on any atom is -0.347 e. The lowest BCUT2D eigenvalue weighted by Crippen LogP contribution is -2.39. The van der Waals surface area contributed by atoms with Gasteiger partial charge < -0.3 is 15.1 Å². The Kier molecular flexibility index (Phi) is 6.63. The Morgan fingerprint density at radius 3 is 2.45 bits per heavy atom. The molecule has 4 rings (SSSR count). The second kappa shape index (κ2) is 9.77. The zero-order valence-corrected chi connectivity index (χ0v) is 19.2. The van der Waals surface area contributed by atoms with E-state index >= 15 is 0 Å². The number of aromatic nitrogens is 3. The van der Waals surface area contributed by atoms with Crippen molar-refractivity contribution in [2.45, 2.75) is 32.2 Å². The summed E-state index contributed by atoms with van der Waals surface area (Å²) in [5.74, 6) is 0.425. The van der Waals surface area contributed by atoms with E-state index in [9.17, 15) is 9.59 Å². The van der Waals surface area contributed by atoms with Crippen molar-refractivity contribution in [3.8, 4) is 11.1 Å². The number of nitrogens with one attached hydrogen (secondary N) is 1. The molecule has 1 atom stereocenters. The lowest BCUT2D eigenvalue weighted by Gasteiger charge is -2.36. The Morgan fingerprint density at radius 1 is 1.06 bits per heavy atom. The third-order valence-electron chi connectivity index (χ3n) is 5.73. The predicted molar refractivity (Wildman–Crippen MR) is 128 cm³/mol. The van der Waals surface area contributed by atoms with Gasteiger partial charge >= 0.3 is 0 Å². The van der Waals surface area contributed by atoms with Crippen molar-refractivity contribution in [2.75, 3.05) is 30.9 Å². The molecule has 0 bridgehead atoms. The smallest absolute Gasteiger partial charge is 0.254 e. The standard InChI is InChI=1S/C25H28N6O2/c1-17(32)28-20-9-7-19(8-10-20)24(33)31-15-5-4-6-22(31)23-21(18-11-13-26-14-12-18)16-27-25(29-23)30(2)3/h7-14,16,22H,4-6,15H2,1-3H3,(H,28,32)/t22-/m1/s1. The lowest BCUT2D eigenvalue weighted by atomic mass is 9.93. The number of carbonyl (C=O) groups excluding carboxylic acids is 2. The molecule has 170 valence electrons. The average molecular weight is 445 g/mol. The van der Waals surface area contributed by atoms with Gasteiger partial charge in [-0.2, -0.15) is 0 Å². The molecule has 0 radical (unpaired) electrons. The molecule has 2 amide bonds. The van der Waals surface area contributed by atoms with Crippen LogP contribution in [0.4, 0.5) is 11.6 Å². The third kappa shape index (κ3) is 5.00. The molecule has 1 fully saturated rings. The van der Waals surface area contributed by atoms with Crippen LogP contribution in [0.5, 0.6) is 0 Å². The van der Waals surface area contributed by atoms with E-state index in [1.165, 1.54) is 6.92 Å². The van der Waals surface area contributed by atoms with Crippen molar-refractivity contribution in [3.63, 3.8) is 0 Å². The highest BCUT2D eigenvalue weighted by Crippen LogP contribution is 2.37. The molecule has 1 aliphatic rings. The first-order valence-electron chi connectivity index (χ1n) is 11.1. The predicted octanol–water partition coefficient (Wildman–Crippen LogP) is 3.93. The first-order chi connectivity index (χ1) is 15.9. The van der Waals surface area contributed by atoms with Crippen LogP contribution in [0.25, 0.3) is 11.1 Å². The van der Waals surface area contributed by atoms with E-state index in [0.29, 0.717) is 23.7 Å². The first kappa shape index (κ1) is 22.4. The van der Waals surface area contributed by atoms with E-state index in [0.717, 1.165) is 36.1 Å². The number of amides is 2. The molecular formula is C25H28N6O2. The van der Waals surface area contributed by atoms with Crippen molar-refractivity contribution < 1.29 is 9.59 Å². The van der Waals surface area contributed by atoms with Crippen LogP contribution < -0.4 is 10.2 Å². The van der Waals surface area contributed by atoms with Crippen molar-refractivity contribution in [3.05, 3.63) is 66.2 Å². The molecule has 1 aromatic carbocycles. The summed E-state index contributed by atoms with van der Waals surface area (Å²) in [6.45, 7) is 2.12. The van der Waals surface area contributed by atoms with Gasteiger partial charge in [-0.15, -0.1) is 0 Å². The molecule has 8 nitrogen and oxygen atoms in total. The maximum absolute atomic E-state index is 13.6. The van der Waals surface area contributed by atoms with Crippen LogP contribution in [0.2, 0.25) is 0 Å². The number of rotatable bonds is 5. The maximum atomic E-state index is 13.6. The van der Waals surface area contributed by atoms with Gasteiger partial charge in [-0.1, -0.05) is 0 Å². The quantitative estimate of drug-likeness (QED) is 0.641. The summed E-state index contributed by atoms with van der Waals surface area (Å²) in [7, 11) is 3.82. The van der Waals surface area contributed by atoms with Crippen LogP contribution in [0.3, 0.4) is 0 Å². The highest BCUT2D eigenvalue weighted by molar-refractivity contribution is 5.96. The molecule has 0 spiro atoms. The van der Waals surface area contributed by atoms with Crippen molar-refractivity contribution in [1.29, 1.82) is 0 Å². The number of hydrogen-bond acceptors (Lipinski definition) is 6. The van der Waals surface area contributed by atoms with Crippen LogP contribution in [-0.2, 0) is 4.79 Å². The van der Waals surface area contributed by atoms with E-state index in [4.69, 9.17) is 4.98 Å². The number of benzene rings is 1. The molecule has 2 aromatic heterocycles. The largest absolute Gasteiger partial charge is 0.347 e. The van der Waals surface area contributed by atoms with Crippen molar-refractivity contribution in [1.82, 2.24) is 19.9 Å². The highest BCUT2D eigenvalue weighted by atomic mass is 16.2. The van der Waals surface area contributed by atoms with Gasteiger partial charge in [-0.05, 0) is 61.2 Å². The van der Waals surface area contributed by atoms with Crippen LogP contribution in [0, 0.1) is 0 Å². The number of carbonyl (C=O) groups is 2. The summed E-state index contributed by atoms with van der Waals surface area (Å²) in [5, 5.41) is 2.74. The van der Waals surface area contributed by atoms with Gasteiger partial charge in [-0.25, -0.2) is 9.97 Å². The van der Waals surface area contributed by atoms with Gasteiger partial charge in [-0.3, -0.25) is 14.6 Å². The number of pyridine rings is 1. The fourth-order valence-corrected chi connectivity index (χ4v) is 4.13. The summed E-state index contributed by atoms with van der Waals surface area (Å²) in [4.78, 5) is 42.2. The third-order valence-corrected chi connectivity index (χ3v) is 5.73. The Morgan fingerprint density at radius 2 is 1.79 bits per heavy atom. The number of nitrogens with zero attached hydrogens (tertiary/aromatic N) is 5. The van der Waals surface area contributed by atoms with Gasteiger partial charge in [0.05, 0.1) is 11.7 Å². The summed E-state index contributed by atoms with van der Waals surface area (Å²) in [6, 6.07) is 10.7. The van der Waals surface area contributed by atoms with E-state index < -0.39 is 0 Å². The molecule has 0 unspecified atom stereocenters. The van der Waals surface area contributed by atoms with Gasteiger partial charge in [0.2, 0.25) is 11.9 Å². The summed E-state index contributed by atoms with van der Waals surface area (Å²) in [6.07, 6.45) is 8.14. The monoisotopic (exact) mass is 444 g/mol. The van der Waals surface area contributed by atoms with Crippen LogP contribution >= 0.6 is 0 Å². The van der Waals surface area contributed by atoms with Crippen molar-refractivity contribution >= 4 is 23.5 Å². The summed E-state index contributed by atoms with van der Waals surface area (Å²) >= 11 is 0. The average Bonchev–Trinajstić information content (AvgIpc) is 2.84. The number of hydrogen-bond donors (Lipinski definition) is 1. The van der Waals surface area contributed by atoms with E-state index in [1.807, 2.05) is 42.2 Å². The number of piperidine rings is 1. The Balaban J connectivity index is 1.71. The molecule has 3 aromatic rings. The first-order valence-corrected chi connectivity index (χ1v) is 11.1. The van der Waals surface area contributed by atoms with Gasteiger partial charge in [0.25, 0.3) is 5.91 Å². The molecule has 1 N–H and O–H groups in total. The second-order valence-electron chi connectivity index (χ2n) is 8.37. The summed E-state index contributed by atoms with van der Waals surface area (Å²) < 4.78 is 0. The fourth-order valence-electron chi connectivity index (χ4n) is 4.13. The Hall–Kier alpha value is -3.81. The summed E-state index contributed by atoms with van der Waals surface area (Å²) in [5.41, 5.74) is 3.99. The molecule has 0 saturated carbocycles. The van der Waals surface area contributed by atoms with E-state index in [1.54, 1.807) is 36.7 Å². The Labute approximate surface area is 193 Å². The molecular weight excluding hydrogens is 416 g/mol. The normalized spacial score (nSPS) is 15.7. The highest BCUT2D eigenvalue weighted by Gasteiger charge is 2.32. The lowest BCUT2D eigenvalue weighted by molar-refractivity contribution is -0.114. The minimum absolute atomic E-state index is 0.0419. The fraction of sp³-hybridized carbons (Fsp3) is 0.320. The van der Waals surface area contributed by atoms with Crippen molar-refractivity contribution in [2.24, 2.45) is 0 Å². The second-order valence-corrected chi connectivity index (χ2v) is 8.37. The minimum atomic E-state index is -0.161. The van der Waals surface area contributed by atoms with Crippen LogP contribution in [-0.4, -0.2) is 52.3 Å². The zero-order chi connectivity index (χ0) is 23.4. The van der Waals surface area contributed by atoms with Crippen LogP contribution in [0.1, 0.15) is 48.3 Å². The number of likely N-dealkylation sites (tertiary alicyclic amines) is 1. The molecule has 8 heteroatoms. The molecule has 1 aliphatic heterocycles. The topological polar surface area (TPSA) is 91.3 Å². The molecule has 0 aliphatic carbocycles. The zero-order valence-electron chi connectivity index (χ0n) is 19.2. The van der Waals surface area contributed by atoms with Gasteiger partial charge in [0.1, 0.15) is 0 Å². The Bertz CT molecular complexity index is 1130. The van der Waals surface area contributed by atoms with Crippen LogP contribution in [0.15, 0.2) is 55.0 Å². The van der Waals surface area contributed by atoms with Gasteiger partial charge in [0, 0.05) is 63.0 Å². The maximum Gasteiger partial charge on any atom is 0.254 e. The molecule has 33 heavy (non-hydrogen) atoms. The molecule has 3 heterocycles. The molecule has 1 saturated heterocycles.